The number of hydrogen-bond acceptors (Lipinski definition) is 5. The van der Waals surface area contributed by atoms with Gasteiger partial charge in [-0.05, 0) is 41.8 Å². The number of benzene rings is 2. The fraction of sp³-hybridized carbons (Fsp3) is 0.318. The van der Waals surface area contributed by atoms with Gasteiger partial charge in [-0.3, -0.25) is 9.36 Å². The van der Waals surface area contributed by atoms with Crippen molar-refractivity contribution in [2.24, 2.45) is 13.0 Å². The van der Waals surface area contributed by atoms with Crippen LogP contribution in [0.3, 0.4) is 0 Å². The fourth-order valence-electron chi connectivity index (χ4n) is 3.67. The first kappa shape index (κ1) is 19.0. The summed E-state index contributed by atoms with van der Waals surface area (Å²) in [5.41, 5.74) is 4.24. The van der Waals surface area contributed by atoms with Gasteiger partial charge in [-0.25, -0.2) is 4.79 Å². The molecule has 1 amide bonds. The van der Waals surface area contributed by atoms with Crippen molar-refractivity contribution in [1.82, 2.24) is 15.2 Å². The summed E-state index contributed by atoms with van der Waals surface area (Å²) < 4.78 is 6.65. The van der Waals surface area contributed by atoms with E-state index in [-0.39, 0.29) is 17.6 Å². The molecule has 0 bridgehead atoms. The summed E-state index contributed by atoms with van der Waals surface area (Å²) in [6.45, 7) is 1.51. The summed E-state index contributed by atoms with van der Waals surface area (Å²) in [6, 6.07) is 15.1. The van der Waals surface area contributed by atoms with Gasteiger partial charge in [-0.15, -0.1) is 0 Å². The number of fused-ring (bicyclic) bond motifs is 1. The standard InChI is InChI=1S/C22H22N4O3/c1-26-19-11-16(6-7-20(19)29-22(26)28)15-4-2-14(3-5-15)10-18(12-23)25-21(27)17-8-9-24-13-17/h2-7,11,17-18,24H,8-10,13H2,1H3,(H,25,27)/t17?,18-/m0/s1. The summed E-state index contributed by atoms with van der Waals surface area (Å²) in [5, 5.41) is 15.4. The predicted molar refractivity (Wildman–Crippen MR) is 109 cm³/mol. The summed E-state index contributed by atoms with van der Waals surface area (Å²) in [5.74, 6) is -0.496. The molecule has 0 aliphatic carbocycles. The summed E-state index contributed by atoms with van der Waals surface area (Å²) in [7, 11) is 1.68. The van der Waals surface area contributed by atoms with Gasteiger partial charge in [0, 0.05) is 20.0 Å². The lowest BCUT2D eigenvalue weighted by Crippen LogP contribution is -2.40. The highest BCUT2D eigenvalue weighted by Gasteiger charge is 2.24. The number of hydrogen-bond donors (Lipinski definition) is 2. The van der Waals surface area contributed by atoms with E-state index in [0.717, 1.165) is 35.2 Å². The molecule has 148 valence electrons. The van der Waals surface area contributed by atoms with Crippen LogP contribution in [0, 0.1) is 17.2 Å². The minimum Gasteiger partial charge on any atom is -0.408 e. The summed E-state index contributed by atoms with van der Waals surface area (Å²) in [6.07, 6.45) is 1.27. The van der Waals surface area contributed by atoms with Gasteiger partial charge in [0.15, 0.2) is 5.58 Å². The van der Waals surface area contributed by atoms with Crippen LogP contribution >= 0.6 is 0 Å². The zero-order valence-electron chi connectivity index (χ0n) is 16.1. The van der Waals surface area contributed by atoms with Crippen molar-refractivity contribution in [3.63, 3.8) is 0 Å². The molecule has 7 heteroatoms. The third kappa shape index (κ3) is 3.93. The number of nitrogens with one attached hydrogen (secondary N) is 2. The van der Waals surface area contributed by atoms with E-state index in [1.165, 1.54) is 4.57 Å². The number of oxazole rings is 1. The first-order valence-electron chi connectivity index (χ1n) is 9.65. The van der Waals surface area contributed by atoms with Crippen molar-refractivity contribution in [1.29, 1.82) is 5.26 Å². The molecule has 1 aliphatic heterocycles. The van der Waals surface area contributed by atoms with E-state index in [4.69, 9.17) is 4.42 Å². The number of carbonyl (C=O) groups excluding carboxylic acids is 1. The summed E-state index contributed by atoms with van der Waals surface area (Å²) in [4.78, 5) is 23.9. The molecule has 1 saturated heterocycles. The lowest BCUT2D eigenvalue weighted by atomic mass is 10.00. The summed E-state index contributed by atoms with van der Waals surface area (Å²) >= 11 is 0. The second-order valence-electron chi connectivity index (χ2n) is 7.39. The van der Waals surface area contributed by atoms with Crippen LogP contribution in [-0.2, 0) is 18.3 Å². The molecule has 2 atom stereocenters. The van der Waals surface area contributed by atoms with E-state index in [0.29, 0.717) is 18.5 Å². The Morgan fingerprint density at radius 1 is 1.31 bits per heavy atom. The van der Waals surface area contributed by atoms with Crippen molar-refractivity contribution in [3.05, 3.63) is 58.6 Å². The van der Waals surface area contributed by atoms with Crippen molar-refractivity contribution in [2.75, 3.05) is 13.1 Å². The van der Waals surface area contributed by atoms with Gasteiger partial charge in [0.25, 0.3) is 0 Å². The van der Waals surface area contributed by atoms with Crippen LogP contribution in [0.15, 0.2) is 51.7 Å². The highest BCUT2D eigenvalue weighted by Crippen LogP contribution is 2.24. The van der Waals surface area contributed by atoms with Gasteiger partial charge in [0.1, 0.15) is 6.04 Å². The Labute approximate surface area is 167 Å². The maximum atomic E-state index is 12.2. The maximum Gasteiger partial charge on any atom is 0.419 e. The Morgan fingerprint density at radius 3 is 2.76 bits per heavy atom. The van der Waals surface area contributed by atoms with E-state index >= 15 is 0 Å². The number of aryl methyl sites for hydroxylation is 1. The molecule has 1 unspecified atom stereocenters. The molecule has 2 heterocycles. The number of aromatic nitrogens is 1. The number of rotatable bonds is 5. The van der Waals surface area contributed by atoms with Gasteiger partial charge in [-0.1, -0.05) is 30.3 Å². The molecule has 1 fully saturated rings. The van der Waals surface area contributed by atoms with E-state index < -0.39 is 6.04 Å². The number of carbonyl (C=O) groups is 1. The SMILES string of the molecule is Cn1c(=O)oc2ccc(-c3ccc(C[C@@H](C#N)NC(=O)C4CCNC4)cc3)cc21. The Hall–Kier alpha value is -3.37. The lowest BCUT2D eigenvalue weighted by molar-refractivity contribution is -0.124. The predicted octanol–water partition coefficient (Wildman–Crippen LogP) is 1.96. The van der Waals surface area contributed by atoms with Crippen LogP contribution in [0.5, 0.6) is 0 Å². The smallest absolute Gasteiger partial charge is 0.408 e. The number of nitrogens with zero attached hydrogens (tertiary/aromatic N) is 2. The van der Waals surface area contributed by atoms with E-state index in [9.17, 15) is 14.9 Å². The largest absolute Gasteiger partial charge is 0.419 e. The van der Waals surface area contributed by atoms with Crippen LogP contribution in [-0.4, -0.2) is 29.6 Å². The molecule has 2 aromatic carbocycles. The Balaban J connectivity index is 1.47. The first-order valence-corrected chi connectivity index (χ1v) is 9.65. The maximum absolute atomic E-state index is 12.2. The Morgan fingerprint density at radius 2 is 2.07 bits per heavy atom. The molecule has 7 nitrogen and oxygen atoms in total. The number of amides is 1. The van der Waals surface area contributed by atoms with Crippen LogP contribution in [0.2, 0.25) is 0 Å². The Kier molecular flexibility index (Phi) is 5.19. The van der Waals surface area contributed by atoms with Gasteiger partial charge in [-0.2, -0.15) is 5.26 Å². The molecule has 0 saturated carbocycles. The van der Waals surface area contributed by atoms with Gasteiger partial charge >= 0.3 is 5.76 Å². The van der Waals surface area contributed by atoms with Crippen LogP contribution in [0.1, 0.15) is 12.0 Å². The second kappa shape index (κ2) is 7.94. The Bertz CT molecular complexity index is 1130. The van der Waals surface area contributed by atoms with E-state index in [2.05, 4.69) is 16.7 Å². The van der Waals surface area contributed by atoms with Crippen LogP contribution < -0.4 is 16.4 Å². The topological polar surface area (TPSA) is 100 Å². The number of nitriles is 1. The zero-order chi connectivity index (χ0) is 20.4. The fourth-order valence-corrected chi connectivity index (χ4v) is 3.67. The molecule has 3 aromatic rings. The quantitative estimate of drug-likeness (QED) is 0.694. The second-order valence-corrected chi connectivity index (χ2v) is 7.39. The molecule has 0 spiro atoms. The van der Waals surface area contributed by atoms with Crippen LogP contribution in [0.4, 0.5) is 0 Å². The van der Waals surface area contributed by atoms with Gasteiger partial charge in [0.05, 0.1) is 17.5 Å². The molecule has 1 aliphatic rings. The van der Waals surface area contributed by atoms with Crippen molar-refractivity contribution >= 4 is 17.0 Å². The third-order valence-corrected chi connectivity index (χ3v) is 5.42. The molecule has 29 heavy (non-hydrogen) atoms. The highest BCUT2D eigenvalue weighted by molar-refractivity contribution is 5.81. The van der Waals surface area contributed by atoms with E-state index in [1.807, 2.05) is 36.4 Å². The van der Waals surface area contributed by atoms with Gasteiger partial charge in [0.2, 0.25) is 5.91 Å². The minimum absolute atomic E-state index is 0.0537. The monoisotopic (exact) mass is 390 g/mol. The third-order valence-electron chi connectivity index (χ3n) is 5.42. The van der Waals surface area contributed by atoms with Crippen molar-refractivity contribution in [2.45, 2.75) is 18.9 Å². The minimum atomic E-state index is -0.550. The molecule has 2 N–H and O–H groups in total. The normalized spacial score (nSPS) is 17.2. The zero-order valence-corrected chi connectivity index (χ0v) is 16.1. The van der Waals surface area contributed by atoms with Crippen molar-refractivity contribution in [3.8, 4) is 17.2 Å². The molecular weight excluding hydrogens is 368 g/mol. The van der Waals surface area contributed by atoms with Crippen molar-refractivity contribution < 1.29 is 9.21 Å². The molecule has 4 rings (SSSR count). The van der Waals surface area contributed by atoms with Gasteiger partial charge < -0.3 is 15.1 Å². The average molecular weight is 390 g/mol. The molecular formula is C22H22N4O3. The molecule has 1 aromatic heterocycles. The first-order chi connectivity index (χ1) is 14.0. The van der Waals surface area contributed by atoms with E-state index in [1.54, 1.807) is 13.1 Å². The molecule has 0 radical (unpaired) electrons. The lowest BCUT2D eigenvalue weighted by Gasteiger charge is -2.15. The van der Waals surface area contributed by atoms with Crippen LogP contribution in [0.25, 0.3) is 22.2 Å². The highest BCUT2D eigenvalue weighted by atomic mass is 16.4. The average Bonchev–Trinajstić information content (AvgIpc) is 3.37.